The van der Waals surface area contributed by atoms with E-state index >= 15 is 0 Å². The summed E-state index contributed by atoms with van der Waals surface area (Å²) in [6.45, 7) is 5.03. The van der Waals surface area contributed by atoms with Crippen molar-refractivity contribution in [2.75, 3.05) is 65.1 Å². The molecule has 0 aromatic heterocycles. The van der Waals surface area contributed by atoms with E-state index in [4.69, 9.17) is 14.2 Å². The van der Waals surface area contributed by atoms with Crippen LogP contribution in [0.3, 0.4) is 0 Å². The first-order chi connectivity index (χ1) is 13.6. The van der Waals surface area contributed by atoms with Gasteiger partial charge in [-0.15, -0.1) is 0 Å². The number of carbonyl (C=O) groups excluding carboxylic acids is 2. The molecule has 0 bridgehead atoms. The summed E-state index contributed by atoms with van der Waals surface area (Å²) in [7, 11) is 3.12. The Kier molecular flexibility index (Phi) is 6.94. The van der Waals surface area contributed by atoms with E-state index in [1.165, 1.54) is 0 Å². The maximum Gasteiger partial charge on any atom is 0.315 e. The third kappa shape index (κ3) is 5.05. The fourth-order valence-electron chi connectivity index (χ4n) is 3.44. The molecule has 28 heavy (non-hydrogen) atoms. The quantitative estimate of drug-likeness (QED) is 0.700. The molecule has 0 saturated carbocycles. The van der Waals surface area contributed by atoms with Gasteiger partial charge >= 0.3 is 6.03 Å². The van der Waals surface area contributed by atoms with Gasteiger partial charge in [0.2, 0.25) is 5.91 Å². The Hall–Kier alpha value is -2.52. The van der Waals surface area contributed by atoms with Crippen LogP contribution < -0.4 is 25.0 Å². The average Bonchev–Trinajstić information content (AvgIpc) is 3.08. The van der Waals surface area contributed by atoms with Crippen molar-refractivity contribution in [1.82, 2.24) is 15.5 Å². The van der Waals surface area contributed by atoms with Crippen LogP contribution in [-0.4, -0.2) is 83.0 Å². The third-order valence-electron chi connectivity index (χ3n) is 4.96. The topological polar surface area (TPSA) is 92.4 Å². The fraction of sp³-hybridized carbons (Fsp3) is 0.579. The zero-order valence-corrected chi connectivity index (χ0v) is 16.4. The van der Waals surface area contributed by atoms with E-state index in [1.54, 1.807) is 31.3 Å². The summed E-state index contributed by atoms with van der Waals surface area (Å²) in [6.07, 6.45) is 0.269. The van der Waals surface area contributed by atoms with Crippen molar-refractivity contribution < 1.29 is 23.8 Å². The summed E-state index contributed by atoms with van der Waals surface area (Å²) < 4.78 is 15.8. The van der Waals surface area contributed by atoms with Gasteiger partial charge < -0.3 is 29.7 Å². The number of nitrogens with one attached hydrogen (secondary N) is 2. The maximum absolute atomic E-state index is 12.4. The van der Waals surface area contributed by atoms with Crippen molar-refractivity contribution >= 4 is 17.6 Å². The van der Waals surface area contributed by atoms with Crippen LogP contribution in [0.1, 0.15) is 6.42 Å². The lowest BCUT2D eigenvalue weighted by molar-refractivity contribution is -0.117. The summed E-state index contributed by atoms with van der Waals surface area (Å²) in [5.74, 6) is 1.13. The Morgan fingerprint density at radius 2 is 1.96 bits per heavy atom. The van der Waals surface area contributed by atoms with Gasteiger partial charge in [0.25, 0.3) is 0 Å². The number of hydrogen-bond donors (Lipinski definition) is 2. The van der Waals surface area contributed by atoms with E-state index in [-0.39, 0.29) is 24.4 Å². The third-order valence-corrected chi connectivity index (χ3v) is 4.96. The number of carbonyl (C=O) groups is 2. The van der Waals surface area contributed by atoms with Crippen molar-refractivity contribution in [2.45, 2.75) is 12.5 Å². The van der Waals surface area contributed by atoms with Crippen LogP contribution in [0, 0.1) is 0 Å². The smallest absolute Gasteiger partial charge is 0.315 e. The van der Waals surface area contributed by atoms with Gasteiger partial charge in [0.15, 0.2) is 11.5 Å². The molecule has 0 spiro atoms. The van der Waals surface area contributed by atoms with Gasteiger partial charge in [-0.25, -0.2) is 4.79 Å². The van der Waals surface area contributed by atoms with Crippen molar-refractivity contribution in [3.05, 3.63) is 18.2 Å². The Labute approximate surface area is 164 Å². The second-order valence-corrected chi connectivity index (χ2v) is 6.80. The average molecular weight is 392 g/mol. The lowest BCUT2D eigenvalue weighted by atomic mass is 10.2. The molecule has 9 heteroatoms. The summed E-state index contributed by atoms with van der Waals surface area (Å²) >= 11 is 0. The highest BCUT2D eigenvalue weighted by molar-refractivity contribution is 5.97. The normalized spacial score (nSPS) is 20.1. The molecule has 2 aliphatic heterocycles. The van der Waals surface area contributed by atoms with Crippen LogP contribution in [0.5, 0.6) is 11.5 Å². The molecule has 9 nitrogen and oxygen atoms in total. The number of hydrogen-bond acceptors (Lipinski definition) is 6. The number of amides is 3. The van der Waals surface area contributed by atoms with E-state index in [9.17, 15) is 9.59 Å². The number of urea groups is 1. The number of morpholine rings is 1. The molecular weight excluding hydrogens is 364 g/mol. The summed E-state index contributed by atoms with van der Waals surface area (Å²) in [5, 5.41) is 5.75. The van der Waals surface area contributed by atoms with Crippen LogP contribution in [-0.2, 0) is 9.53 Å². The highest BCUT2D eigenvalue weighted by atomic mass is 16.5. The van der Waals surface area contributed by atoms with Crippen LogP contribution in [0.4, 0.5) is 10.5 Å². The van der Waals surface area contributed by atoms with Crippen LogP contribution in [0.2, 0.25) is 0 Å². The minimum Gasteiger partial charge on any atom is -0.493 e. The maximum atomic E-state index is 12.4. The molecule has 2 saturated heterocycles. The first kappa shape index (κ1) is 20.2. The number of benzene rings is 1. The van der Waals surface area contributed by atoms with E-state index in [0.29, 0.717) is 24.6 Å². The number of nitrogens with zero attached hydrogens (tertiary/aromatic N) is 2. The molecule has 0 aliphatic carbocycles. The minimum atomic E-state index is -0.250. The van der Waals surface area contributed by atoms with Crippen LogP contribution >= 0.6 is 0 Å². The first-order valence-corrected chi connectivity index (χ1v) is 9.47. The summed E-state index contributed by atoms with van der Waals surface area (Å²) in [6, 6.07) is 4.86. The molecule has 0 radical (unpaired) electrons. The number of methoxy groups -OCH3 is 2. The largest absolute Gasteiger partial charge is 0.493 e. The van der Waals surface area contributed by atoms with E-state index in [1.807, 2.05) is 6.07 Å². The lowest BCUT2D eigenvalue weighted by Gasteiger charge is -2.26. The summed E-state index contributed by atoms with van der Waals surface area (Å²) in [5.41, 5.74) is 0.722. The summed E-state index contributed by atoms with van der Waals surface area (Å²) in [4.78, 5) is 28.5. The SMILES string of the molecule is COc1ccc(N2CC(NC(=O)NCCN3CCOCC3)CC2=O)cc1OC. The molecule has 154 valence electrons. The molecule has 3 amide bonds. The van der Waals surface area contributed by atoms with Crippen molar-refractivity contribution in [3.8, 4) is 11.5 Å². The molecule has 1 aromatic rings. The number of anilines is 1. The monoisotopic (exact) mass is 392 g/mol. The van der Waals surface area contributed by atoms with Gasteiger partial charge in [0.1, 0.15) is 0 Å². The van der Waals surface area contributed by atoms with Crippen molar-refractivity contribution in [3.63, 3.8) is 0 Å². The van der Waals surface area contributed by atoms with Crippen molar-refractivity contribution in [1.29, 1.82) is 0 Å². The molecule has 3 rings (SSSR count). The minimum absolute atomic E-state index is 0.0363. The van der Waals surface area contributed by atoms with Gasteiger partial charge in [-0.1, -0.05) is 0 Å². The molecule has 2 N–H and O–H groups in total. The molecule has 2 fully saturated rings. The Balaban J connectivity index is 1.48. The highest BCUT2D eigenvalue weighted by Gasteiger charge is 2.32. The number of ether oxygens (including phenoxy) is 3. The zero-order valence-electron chi connectivity index (χ0n) is 16.4. The Morgan fingerprint density at radius 1 is 1.21 bits per heavy atom. The van der Waals surface area contributed by atoms with E-state index in [2.05, 4.69) is 15.5 Å². The van der Waals surface area contributed by atoms with Crippen molar-refractivity contribution in [2.24, 2.45) is 0 Å². The van der Waals surface area contributed by atoms with E-state index < -0.39 is 0 Å². The van der Waals surface area contributed by atoms with Gasteiger partial charge in [-0.05, 0) is 12.1 Å². The van der Waals surface area contributed by atoms with Gasteiger partial charge in [-0.3, -0.25) is 9.69 Å². The number of rotatable bonds is 7. The van der Waals surface area contributed by atoms with Gasteiger partial charge in [0.05, 0.1) is 33.5 Å². The predicted octanol–water partition coefficient (Wildman–Crippen LogP) is 0.441. The molecule has 2 heterocycles. The fourth-order valence-corrected chi connectivity index (χ4v) is 3.44. The molecule has 2 aliphatic rings. The Bertz CT molecular complexity index is 693. The lowest BCUT2D eigenvalue weighted by Crippen LogP contribution is -2.46. The Morgan fingerprint density at radius 3 is 2.68 bits per heavy atom. The standard InChI is InChI=1S/C19H28N4O5/c1-26-16-4-3-15(12-17(16)27-2)23-13-14(11-18(23)24)21-19(25)20-5-6-22-7-9-28-10-8-22/h3-4,12,14H,5-11,13H2,1-2H3,(H2,20,21,25). The molecule has 1 atom stereocenters. The zero-order chi connectivity index (χ0) is 19.9. The second kappa shape index (κ2) is 9.61. The predicted molar refractivity (Wildman–Crippen MR) is 104 cm³/mol. The highest BCUT2D eigenvalue weighted by Crippen LogP contribution is 2.33. The molecule has 1 unspecified atom stereocenters. The van der Waals surface area contributed by atoms with Crippen LogP contribution in [0.15, 0.2) is 18.2 Å². The molecule has 1 aromatic carbocycles. The van der Waals surface area contributed by atoms with E-state index in [0.717, 1.165) is 38.5 Å². The molecular formula is C19H28N4O5. The second-order valence-electron chi connectivity index (χ2n) is 6.80. The van der Waals surface area contributed by atoms with Gasteiger partial charge in [0, 0.05) is 50.9 Å². The van der Waals surface area contributed by atoms with Crippen LogP contribution in [0.25, 0.3) is 0 Å². The first-order valence-electron chi connectivity index (χ1n) is 9.47. The van der Waals surface area contributed by atoms with Gasteiger partial charge in [-0.2, -0.15) is 0 Å².